The monoisotopic (exact) mass is 136 g/mol. The molecule has 0 fully saturated rings. The molecule has 10 heavy (non-hydrogen) atoms. The average molecular weight is 136 g/mol. The number of allylic oxidation sites excluding steroid dienone is 1. The fraction of sp³-hybridized carbons (Fsp3) is 0. The van der Waals surface area contributed by atoms with Gasteiger partial charge in [-0.2, -0.15) is 5.26 Å². The Hall–Kier alpha value is -1.76. The summed E-state index contributed by atoms with van der Waals surface area (Å²) in [5.41, 5.74) is 10.4. The van der Waals surface area contributed by atoms with Crippen LogP contribution in [0.3, 0.4) is 0 Å². The van der Waals surface area contributed by atoms with Crippen LogP contribution in [0.2, 0.25) is 0 Å². The number of aliphatic imine (C=N–C) groups is 1. The first-order chi connectivity index (χ1) is 4.70. The lowest BCUT2D eigenvalue weighted by molar-refractivity contribution is 1.22. The topological polar surface area (TPSA) is 88.2 Å². The van der Waals surface area contributed by atoms with Gasteiger partial charge in [0, 0.05) is 12.4 Å². The second kappa shape index (κ2) is 4.15. The summed E-state index contributed by atoms with van der Waals surface area (Å²) in [7, 11) is 0. The Morgan fingerprint density at radius 1 is 1.70 bits per heavy atom. The van der Waals surface area contributed by atoms with E-state index in [0.717, 1.165) is 6.20 Å². The Kier molecular flexibility index (Phi) is 3.42. The van der Waals surface area contributed by atoms with Crippen molar-refractivity contribution in [2.75, 3.05) is 0 Å². The molecule has 0 aromatic carbocycles. The van der Waals surface area contributed by atoms with Crippen LogP contribution in [0.5, 0.6) is 0 Å². The number of nitriles is 1. The summed E-state index contributed by atoms with van der Waals surface area (Å²) < 4.78 is 0. The summed E-state index contributed by atoms with van der Waals surface area (Å²) in [5.74, 6) is 0.163. The zero-order valence-electron chi connectivity index (χ0n) is 5.41. The van der Waals surface area contributed by atoms with E-state index >= 15 is 0 Å². The van der Waals surface area contributed by atoms with Gasteiger partial charge in [-0.05, 0) is 0 Å². The predicted molar refractivity (Wildman–Crippen MR) is 39.7 cm³/mol. The summed E-state index contributed by atoms with van der Waals surface area (Å²) >= 11 is 0. The standard InChI is InChI=1S/C6H8N4/c1-5(2-7)4-10-6(9)3-8/h3-4H,1,8-9H2/b6-3-,10-4?. The van der Waals surface area contributed by atoms with Gasteiger partial charge in [-0.3, -0.25) is 0 Å². The molecule has 0 atom stereocenters. The Morgan fingerprint density at radius 2 is 2.30 bits per heavy atom. The van der Waals surface area contributed by atoms with Gasteiger partial charge in [-0.15, -0.1) is 0 Å². The largest absolute Gasteiger partial charge is 0.402 e. The first-order valence-corrected chi connectivity index (χ1v) is 2.51. The highest BCUT2D eigenvalue weighted by Gasteiger charge is 1.82. The van der Waals surface area contributed by atoms with Crippen LogP contribution in [0, 0.1) is 11.3 Å². The maximum absolute atomic E-state index is 8.19. The highest BCUT2D eigenvalue weighted by molar-refractivity contribution is 5.83. The summed E-state index contributed by atoms with van der Waals surface area (Å²) in [6.07, 6.45) is 2.39. The molecule has 0 radical (unpaired) electrons. The minimum absolute atomic E-state index is 0.163. The molecule has 0 saturated heterocycles. The number of hydrogen-bond donors (Lipinski definition) is 2. The summed E-state index contributed by atoms with van der Waals surface area (Å²) in [4.78, 5) is 3.58. The van der Waals surface area contributed by atoms with Crippen molar-refractivity contribution in [3.05, 3.63) is 24.2 Å². The zero-order chi connectivity index (χ0) is 7.98. The van der Waals surface area contributed by atoms with Crippen LogP contribution in [0.4, 0.5) is 0 Å². The van der Waals surface area contributed by atoms with Crippen molar-refractivity contribution in [3.63, 3.8) is 0 Å². The fourth-order valence-corrected chi connectivity index (χ4v) is 0.224. The molecular weight excluding hydrogens is 128 g/mol. The molecule has 0 heterocycles. The van der Waals surface area contributed by atoms with Gasteiger partial charge in [0.25, 0.3) is 0 Å². The third-order valence-corrected chi connectivity index (χ3v) is 0.684. The Balaban J connectivity index is 4.04. The van der Waals surface area contributed by atoms with Gasteiger partial charge in [-0.1, -0.05) is 6.58 Å². The molecule has 0 saturated carbocycles. The molecule has 0 aromatic rings. The molecule has 0 aliphatic heterocycles. The lowest BCUT2D eigenvalue weighted by Crippen LogP contribution is -1.97. The fourth-order valence-electron chi connectivity index (χ4n) is 0.224. The molecular formula is C6H8N4. The van der Waals surface area contributed by atoms with Crippen molar-refractivity contribution >= 4 is 6.21 Å². The molecule has 0 unspecified atom stereocenters. The first kappa shape index (κ1) is 8.24. The molecule has 0 rings (SSSR count). The molecule has 52 valence electrons. The van der Waals surface area contributed by atoms with Gasteiger partial charge in [0.05, 0.1) is 5.57 Å². The van der Waals surface area contributed by atoms with Crippen LogP contribution >= 0.6 is 0 Å². The van der Waals surface area contributed by atoms with Crippen LogP contribution in [-0.4, -0.2) is 6.21 Å². The summed E-state index contributed by atoms with van der Waals surface area (Å²) in [6.45, 7) is 3.35. The van der Waals surface area contributed by atoms with E-state index in [-0.39, 0.29) is 11.4 Å². The highest BCUT2D eigenvalue weighted by Crippen LogP contribution is 1.84. The van der Waals surface area contributed by atoms with Crippen molar-refractivity contribution in [3.8, 4) is 6.07 Å². The lowest BCUT2D eigenvalue weighted by Gasteiger charge is -1.86. The third kappa shape index (κ3) is 3.27. The van der Waals surface area contributed by atoms with Gasteiger partial charge in [0.15, 0.2) is 0 Å². The number of nitrogens with zero attached hydrogens (tertiary/aromatic N) is 2. The molecule has 0 bridgehead atoms. The third-order valence-electron chi connectivity index (χ3n) is 0.684. The number of nitrogens with two attached hydrogens (primary N) is 2. The molecule has 0 aliphatic rings. The first-order valence-electron chi connectivity index (χ1n) is 2.51. The Morgan fingerprint density at radius 3 is 2.70 bits per heavy atom. The predicted octanol–water partition coefficient (Wildman–Crippen LogP) is -0.147. The zero-order valence-corrected chi connectivity index (χ0v) is 5.41. The maximum Gasteiger partial charge on any atom is 0.139 e. The van der Waals surface area contributed by atoms with E-state index in [1.165, 1.54) is 6.21 Å². The number of rotatable bonds is 2. The maximum atomic E-state index is 8.19. The van der Waals surface area contributed by atoms with Crippen molar-refractivity contribution in [2.45, 2.75) is 0 Å². The molecule has 4 nitrogen and oxygen atoms in total. The molecule has 4 N–H and O–H groups in total. The van der Waals surface area contributed by atoms with Crippen LogP contribution in [-0.2, 0) is 0 Å². The lowest BCUT2D eigenvalue weighted by atomic mass is 10.4. The second-order valence-corrected chi connectivity index (χ2v) is 1.49. The molecule has 4 heteroatoms. The normalized spacial score (nSPS) is 11.3. The van der Waals surface area contributed by atoms with Crippen molar-refractivity contribution in [2.24, 2.45) is 16.5 Å². The molecule has 0 spiro atoms. The molecule has 0 aromatic heterocycles. The average Bonchev–Trinajstić information content (AvgIpc) is 1.99. The highest BCUT2D eigenvalue weighted by atomic mass is 14.9. The van der Waals surface area contributed by atoms with E-state index in [4.69, 9.17) is 16.7 Å². The van der Waals surface area contributed by atoms with E-state index in [2.05, 4.69) is 11.6 Å². The van der Waals surface area contributed by atoms with E-state index in [0.29, 0.717) is 0 Å². The van der Waals surface area contributed by atoms with Crippen LogP contribution < -0.4 is 11.5 Å². The summed E-state index contributed by atoms with van der Waals surface area (Å²) in [5, 5.41) is 8.19. The van der Waals surface area contributed by atoms with Crippen LogP contribution in [0.25, 0.3) is 0 Å². The van der Waals surface area contributed by atoms with Crippen LogP contribution in [0.1, 0.15) is 0 Å². The van der Waals surface area contributed by atoms with Gasteiger partial charge in [0.1, 0.15) is 11.9 Å². The quantitative estimate of drug-likeness (QED) is 0.409. The van der Waals surface area contributed by atoms with Gasteiger partial charge in [0.2, 0.25) is 0 Å². The van der Waals surface area contributed by atoms with Gasteiger partial charge in [-0.25, -0.2) is 4.99 Å². The van der Waals surface area contributed by atoms with E-state index < -0.39 is 0 Å². The van der Waals surface area contributed by atoms with Crippen molar-refractivity contribution in [1.29, 1.82) is 5.26 Å². The second-order valence-electron chi connectivity index (χ2n) is 1.49. The smallest absolute Gasteiger partial charge is 0.139 e. The van der Waals surface area contributed by atoms with E-state index in [1.54, 1.807) is 6.07 Å². The van der Waals surface area contributed by atoms with Crippen LogP contribution in [0.15, 0.2) is 29.2 Å². The van der Waals surface area contributed by atoms with E-state index in [9.17, 15) is 0 Å². The molecule has 0 aliphatic carbocycles. The minimum atomic E-state index is 0.163. The van der Waals surface area contributed by atoms with Gasteiger partial charge < -0.3 is 11.5 Å². The van der Waals surface area contributed by atoms with Crippen molar-refractivity contribution < 1.29 is 0 Å². The minimum Gasteiger partial charge on any atom is -0.402 e. The number of hydrogen-bond acceptors (Lipinski definition) is 4. The van der Waals surface area contributed by atoms with Crippen molar-refractivity contribution in [1.82, 2.24) is 0 Å². The summed E-state index contributed by atoms with van der Waals surface area (Å²) in [6, 6.07) is 1.78. The molecule has 0 amide bonds. The SMILES string of the molecule is C=C(C#N)C=N/C(N)=C\N. The Labute approximate surface area is 59.2 Å². The van der Waals surface area contributed by atoms with E-state index in [1.807, 2.05) is 0 Å². The van der Waals surface area contributed by atoms with Gasteiger partial charge >= 0.3 is 0 Å². The Bertz CT molecular complexity index is 218.